The number of anilines is 1. The zero-order chi connectivity index (χ0) is 20.3. The number of carbonyl (C=O) groups is 3. The fourth-order valence-electron chi connectivity index (χ4n) is 3.33. The SMILES string of the molecule is COc1ncc(NC(=O)C(=O)N2CC(C)CCC2c2cccs2)cc1C(N)=O. The first kappa shape index (κ1) is 19.8. The van der Waals surface area contributed by atoms with Crippen molar-refractivity contribution in [1.29, 1.82) is 0 Å². The molecule has 2 unspecified atom stereocenters. The molecule has 2 atom stereocenters. The highest BCUT2D eigenvalue weighted by molar-refractivity contribution is 7.10. The number of nitrogens with two attached hydrogens (primary N) is 1. The average molecular weight is 402 g/mol. The molecule has 3 heterocycles. The summed E-state index contributed by atoms with van der Waals surface area (Å²) in [5.41, 5.74) is 5.53. The largest absolute Gasteiger partial charge is 0.480 e. The molecule has 0 spiro atoms. The minimum Gasteiger partial charge on any atom is -0.480 e. The Balaban J connectivity index is 1.78. The second kappa shape index (κ2) is 8.39. The standard InChI is InChI=1S/C19H22N4O4S/c1-11-5-6-14(15-4-3-7-28-15)23(10-11)19(26)17(25)22-12-8-13(16(20)24)18(27-2)21-9-12/h3-4,7-9,11,14H,5-6,10H2,1-2H3,(H2,20,24)(H,22,25). The zero-order valence-corrected chi connectivity index (χ0v) is 16.5. The number of methoxy groups -OCH3 is 1. The number of hydrogen-bond donors (Lipinski definition) is 2. The minimum absolute atomic E-state index is 0.0239. The van der Waals surface area contributed by atoms with Crippen molar-refractivity contribution in [2.75, 3.05) is 19.0 Å². The number of amides is 3. The Morgan fingerprint density at radius 1 is 1.36 bits per heavy atom. The second-order valence-electron chi connectivity index (χ2n) is 6.77. The molecule has 3 N–H and O–H groups in total. The Morgan fingerprint density at radius 2 is 2.14 bits per heavy atom. The maximum Gasteiger partial charge on any atom is 0.313 e. The molecule has 1 fully saturated rings. The first-order valence-corrected chi connectivity index (χ1v) is 9.77. The van der Waals surface area contributed by atoms with Crippen LogP contribution in [0.5, 0.6) is 5.88 Å². The van der Waals surface area contributed by atoms with Crippen LogP contribution in [0.1, 0.15) is 41.0 Å². The van der Waals surface area contributed by atoms with E-state index in [2.05, 4.69) is 17.2 Å². The summed E-state index contributed by atoms with van der Waals surface area (Å²) < 4.78 is 4.98. The summed E-state index contributed by atoms with van der Waals surface area (Å²) in [6, 6.07) is 5.16. The van der Waals surface area contributed by atoms with Crippen LogP contribution in [0.15, 0.2) is 29.8 Å². The van der Waals surface area contributed by atoms with Crippen molar-refractivity contribution in [3.8, 4) is 5.88 Å². The number of nitrogens with zero attached hydrogens (tertiary/aromatic N) is 2. The Kier molecular flexibility index (Phi) is 5.93. The summed E-state index contributed by atoms with van der Waals surface area (Å²) in [4.78, 5) is 43.6. The van der Waals surface area contributed by atoms with Crippen LogP contribution in [0.25, 0.3) is 0 Å². The summed E-state index contributed by atoms with van der Waals surface area (Å²) in [7, 11) is 1.36. The lowest BCUT2D eigenvalue weighted by atomic mass is 9.93. The molecule has 2 aromatic rings. The highest BCUT2D eigenvalue weighted by Gasteiger charge is 2.34. The van der Waals surface area contributed by atoms with Gasteiger partial charge in [-0.15, -0.1) is 11.3 Å². The van der Waals surface area contributed by atoms with Gasteiger partial charge in [0.1, 0.15) is 5.56 Å². The van der Waals surface area contributed by atoms with Gasteiger partial charge in [-0.3, -0.25) is 14.4 Å². The highest BCUT2D eigenvalue weighted by Crippen LogP contribution is 2.35. The number of rotatable bonds is 4. The molecule has 0 bridgehead atoms. The topological polar surface area (TPSA) is 115 Å². The number of hydrogen-bond acceptors (Lipinski definition) is 6. The van der Waals surface area contributed by atoms with Crippen molar-refractivity contribution in [3.63, 3.8) is 0 Å². The smallest absolute Gasteiger partial charge is 0.313 e. The first-order chi connectivity index (χ1) is 13.4. The third-order valence-corrected chi connectivity index (χ3v) is 5.69. The molecule has 8 nitrogen and oxygen atoms in total. The van der Waals surface area contributed by atoms with E-state index < -0.39 is 17.7 Å². The maximum absolute atomic E-state index is 12.9. The van der Waals surface area contributed by atoms with Gasteiger partial charge in [-0.05, 0) is 36.3 Å². The van der Waals surface area contributed by atoms with Crippen LogP contribution in [-0.2, 0) is 9.59 Å². The van der Waals surface area contributed by atoms with Crippen molar-refractivity contribution in [3.05, 3.63) is 40.2 Å². The summed E-state index contributed by atoms with van der Waals surface area (Å²) in [5.74, 6) is -1.76. The fourth-order valence-corrected chi connectivity index (χ4v) is 4.20. The molecule has 1 aliphatic heterocycles. The summed E-state index contributed by atoms with van der Waals surface area (Å²) >= 11 is 1.58. The predicted octanol–water partition coefficient (Wildman–Crippen LogP) is 2.19. The van der Waals surface area contributed by atoms with E-state index in [4.69, 9.17) is 10.5 Å². The van der Waals surface area contributed by atoms with Crippen molar-refractivity contribution < 1.29 is 19.1 Å². The molecule has 0 saturated carbocycles. The lowest BCUT2D eigenvalue weighted by Gasteiger charge is -2.37. The Hall–Kier alpha value is -2.94. The van der Waals surface area contributed by atoms with Gasteiger partial charge in [0.05, 0.1) is 25.0 Å². The molecule has 3 rings (SSSR count). The van der Waals surface area contributed by atoms with E-state index in [-0.39, 0.29) is 23.2 Å². The van der Waals surface area contributed by atoms with Crippen LogP contribution < -0.4 is 15.8 Å². The van der Waals surface area contributed by atoms with E-state index >= 15 is 0 Å². The molecule has 1 aliphatic rings. The normalized spacial score (nSPS) is 19.1. The fraction of sp³-hybridized carbons (Fsp3) is 0.368. The van der Waals surface area contributed by atoms with E-state index in [0.29, 0.717) is 12.5 Å². The molecule has 1 saturated heterocycles. The number of carbonyl (C=O) groups excluding carboxylic acids is 3. The van der Waals surface area contributed by atoms with Gasteiger partial charge in [0.15, 0.2) is 0 Å². The lowest BCUT2D eigenvalue weighted by molar-refractivity contribution is -0.146. The van der Waals surface area contributed by atoms with Gasteiger partial charge in [-0.2, -0.15) is 0 Å². The van der Waals surface area contributed by atoms with Crippen LogP contribution in [0.2, 0.25) is 0 Å². The monoisotopic (exact) mass is 402 g/mol. The van der Waals surface area contributed by atoms with E-state index in [1.165, 1.54) is 19.4 Å². The number of ether oxygens (including phenoxy) is 1. The van der Waals surface area contributed by atoms with Crippen molar-refractivity contribution >= 4 is 34.7 Å². The van der Waals surface area contributed by atoms with E-state index in [1.54, 1.807) is 16.2 Å². The van der Waals surface area contributed by atoms with Gasteiger partial charge < -0.3 is 20.7 Å². The number of thiophene rings is 1. The average Bonchev–Trinajstić information content (AvgIpc) is 3.21. The lowest BCUT2D eigenvalue weighted by Crippen LogP contribution is -2.46. The minimum atomic E-state index is -0.780. The van der Waals surface area contributed by atoms with Gasteiger partial charge in [-0.1, -0.05) is 13.0 Å². The molecular weight excluding hydrogens is 380 g/mol. The first-order valence-electron chi connectivity index (χ1n) is 8.90. The number of primary amides is 1. The quantitative estimate of drug-likeness (QED) is 0.761. The number of aromatic nitrogens is 1. The van der Waals surface area contributed by atoms with E-state index in [0.717, 1.165) is 17.7 Å². The van der Waals surface area contributed by atoms with Crippen molar-refractivity contribution in [1.82, 2.24) is 9.88 Å². The summed E-state index contributed by atoms with van der Waals surface area (Å²) in [5, 5.41) is 4.48. The second-order valence-corrected chi connectivity index (χ2v) is 7.75. The zero-order valence-electron chi connectivity index (χ0n) is 15.7. The van der Waals surface area contributed by atoms with Crippen molar-refractivity contribution in [2.45, 2.75) is 25.8 Å². The molecular formula is C19H22N4O4S. The van der Waals surface area contributed by atoms with Gasteiger partial charge in [0, 0.05) is 11.4 Å². The Bertz CT molecular complexity index is 884. The highest BCUT2D eigenvalue weighted by atomic mass is 32.1. The van der Waals surface area contributed by atoms with E-state index in [1.807, 2.05) is 17.5 Å². The van der Waals surface area contributed by atoms with Crippen LogP contribution in [0, 0.1) is 5.92 Å². The molecule has 0 aliphatic carbocycles. The van der Waals surface area contributed by atoms with Crippen molar-refractivity contribution in [2.24, 2.45) is 11.7 Å². The van der Waals surface area contributed by atoms with Gasteiger partial charge in [-0.25, -0.2) is 4.98 Å². The maximum atomic E-state index is 12.9. The van der Waals surface area contributed by atoms with E-state index in [9.17, 15) is 14.4 Å². The Labute approximate surface area is 166 Å². The number of piperidine rings is 1. The Morgan fingerprint density at radius 3 is 2.79 bits per heavy atom. The summed E-state index contributed by atoms with van der Waals surface area (Å²) in [6.07, 6.45) is 3.13. The summed E-state index contributed by atoms with van der Waals surface area (Å²) in [6.45, 7) is 2.58. The van der Waals surface area contributed by atoms with Gasteiger partial charge >= 0.3 is 11.8 Å². The molecule has 0 radical (unpaired) electrons. The predicted molar refractivity (Wildman–Crippen MR) is 105 cm³/mol. The third kappa shape index (κ3) is 4.14. The molecule has 148 valence electrons. The van der Waals surface area contributed by atoms with Gasteiger partial charge in [0.25, 0.3) is 5.91 Å². The molecule has 0 aromatic carbocycles. The van der Waals surface area contributed by atoms with Crippen LogP contribution in [0.3, 0.4) is 0 Å². The van der Waals surface area contributed by atoms with Gasteiger partial charge in [0.2, 0.25) is 5.88 Å². The molecule has 9 heteroatoms. The molecule has 28 heavy (non-hydrogen) atoms. The number of pyridine rings is 1. The third-order valence-electron chi connectivity index (χ3n) is 4.71. The molecule has 3 amide bonds. The molecule has 2 aromatic heterocycles. The number of likely N-dealkylation sites (tertiary alicyclic amines) is 1. The van der Waals surface area contributed by atoms with Crippen LogP contribution in [-0.4, -0.2) is 41.3 Å². The van der Waals surface area contributed by atoms with Crippen LogP contribution in [0.4, 0.5) is 5.69 Å². The number of nitrogens with one attached hydrogen (secondary N) is 1. The van der Waals surface area contributed by atoms with Crippen LogP contribution >= 0.6 is 11.3 Å².